The summed E-state index contributed by atoms with van der Waals surface area (Å²) in [4.78, 5) is 32.7. The van der Waals surface area contributed by atoms with E-state index in [0.717, 1.165) is 19.2 Å². The monoisotopic (exact) mass is 347 g/mol. The highest BCUT2D eigenvalue weighted by atomic mass is 16.6. The molecule has 0 fully saturated rings. The molecule has 10 heteroatoms. The molecule has 2 aromatic carbocycles. The first-order valence-corrected chi connectivity index (χ1v) is 6.83. The predicted octanol–water partition coefficient (Wildman–Crippen LogP) is 3.04. The van der Waals surface area contributed by atoms with Crippen molar-refractivity contribution in [1.29, 1.82) is 0 Å². The van der Waals surface area contributed by atoms with Crippen LogP contribution in [0.2, 0.25) is 0 Å². The molecule has 130 valence electrons. The van der Waals surface area contributed by atoms with E-state index in [2.05, 4.69) is 10.1 Å². The molecule has 10 nitrogen and oxygen atoms in total. The summed E-state index contributed by atoms with van der Waals surface area (Å²) in [5, 5.41) is 25.3. The van der Waals surface area contributed by atoms with Gasteiger partial charge in [0.2, 0.25) is 0 Å². The van der Waals surface area contributed by atoms with Gasteiger partial charge in [0, 0.05) is 23.9 Å². The second-order valence-corrected chi connectivity index (χ2v) is 4.75. The summed E-state index contributed by atoms with van der Waals surface area (Å²) < 4.78 is 9.52. The van der Waals surface area contributed by atoms with Crippen LogP contribution in [-0.4, -0.2) is 30.0 Å². The SMILES string of the molecule is COC(=O)c1cc([N+](=O)[O-])c(Nc2cccc(OC)c2)c([N+](=O)[O-])c1. The third kappa shape index (κ3) is 3.80. The van der Waals surface area contributed by atoms with Crippen molar-refractivity contribution in [3.05, 3.63) is 62.2 Å². The fraction of sp³-hybridized carbons (Fsp3) is 0.133. The van der Waals surface area contributed by atoms with E-state index in [9.17, 15) is 25.0 Å². The Bertz CT molecular complexity index is 816. The quantitative estimate of drug-likeness (QED) is 0.478. The first-order chi connectivity index (χ1) is 11.9. The van der Waals surface area contributed by atoms with E-state index in [1.54, 1.807) is 18.2 Å². The minimum absolute atomic E-state index is 0.294. The molecule has 0 aliphatic rings. The molecule has 0 aromatic heterocycles. The predicted molar refractivity (Wildman–Crippen MR) is 87.4 cm³/mol. The molecule has 0 saturated heterocycles. The standard InChI is InChI=1S/C15H13N3O7/c1-24-11-5-3-4-10(8-11)16-14-12(17(20)21)6-9(15(19)25-2)7-13(14)18(22)23/h3-8,16H,1-2H3. The largest absolute Gasteiger partial charge is 0.497 e. The third-order valence-corrected chi connectivity index (χ3v) is 3.25. The fourth-order valence-electron chi connectivity index (χ4n) is 2.11. The Morgan fingerprint density at radius 1 is 1.04 bits per heavy atom. The Hall–Kier alpha value is -3.69. The molecule has 0 saturated carbocycles. The topological polar surface area (TPSA) is 134 Å². The first-order valence-electron chi connectivity index (χ1n) is 6.83. The van der Waals surface area contributed by atoms with Crippen molar-refractivity contribution in [2.75, 3.05) is 19.5 Å². The number of anilines is 2. The molecule has 1 N–H and O–H groups in total. The zero-order chi connectivity index (χ0) is 18.6. The van der Waals surface area contributed by atoms with E-state index in [0.29, 0.717) is 11.4 Å². The van der Waals surface area contributed by atoms with Gasteiger partial charge < -0.3 is 14.8 Å². The van der Waals surface area contributed by atoms with Gasteiger partial charge in [-0.05, 0) is 12.1 Å². The van der Waals surface area contributed by atoms with E-state index in [4.69, 9.17) is 4.74 Å². The molecule has 0 unspecified atom stereocenters. The van der Waals surface area contributed by atoms with E-state index in [1.165, 1.54) is 13.2 Å². The van der Waals surface area contributed by atoms with Crippen LogP contribution in [0.3, 0.4) is 0 Å². The summed E-state index contributed by atoms with van der Waals surface area (Å²) in [6, 6.07) is 8.17. The number of nitrogens with zero attached hydrogens (tertiary/aromatic N) is 2. The van der Waals surface area contributed by atoms with Crippen LogP contribution in [-0.2, 0) is 4.74 Å². The van der Waals surface area contributed by atoms with Crippen LogP contribution in [0.5, 0.6) is 5.75 Å². The lowest BCUT2D eigenvalue weighted by Crippen LogP contribution is -2.07. The number of benzene rings is 2. The van der Waals surface area contributed by atoms with Gasteiger partial charge in [0.25, 0.3) is 0 Å². The number of ether oxygens (including phenoxy) is 2. The van der Waals surface area contributed by atoms with Crippen molar-refractivity contribution >= 4 is 28.7 Å². The van der Waals surface area contributed by atoms with E-state index in [-0.39, 0.29) is 11.3 Å². The number of nitrogens with one attached hydrogen (secondary N) is 1. The van der Waals surface area contributed by atoms with E-state index < -0.39 is 27.2 Å². The number of methoxy groups -OCH3 is 2. The highest BCUT2D eigenvalue weighted by Crippen LogP contribution is 2.38. The van der Waals surface area contributed by atoms with E-state index >= 15 is 0 Å². The van der Waals surface area contributed by atoms with E-state index in [1.807, 2.05) is 0 Å². The van der Waals surface area contributed by atoms with Gasteiger partial charge in [-0.1, -0.05) is 6.07 Å². The van der Waals surface area contributed by atoms with Crippen molar-refractivity contribution in [2.45, 2.75) is 0 Å². The minimum Gasteiger partial charge on any atom is -0.497 e. The van der Waals surface area contributed by atoms with Crippen LogP contribution in [0, 0.1) is 20.2 Å². The van der Waals surface area contributed by atoms with Crippen LogP contribution in [0.15, 0.2) is 36.4 Å². The number of hydrogen-bond donors (Lipinski definition) is 1. The van der Waals surface area contributed by atoms with Gasteiger partial charge in [-0.15, -0.1) is 0 Å². The maximum absolute atomic E-state index is 11.6. The van der Waals surface area contributed by atoms with Gasteiger partial charge in [0.05, 0.1) is 29.6 Å². The molecule has 2 rings (SSSR count). The van der Waals surface area contributed by atoms with Crippen LogP contribution in [0.4, 0.5) is 22.7 Å². The van der Waals surface area contributed by atoms with Crippen LogP contribution in [0.25, 0.3) is 0 Å². The Kier molecular flexibility index (Phi) is 5.12. The van der Waals surface area contributed by atoms with Crippen LogP contribution in [0.1, 0.15) is 10.4 Å². The van der Waals surface area contributed by atoms with Crippen molar-refractivity contribution in [1.82, 2.24) is 0 Å². The van der Waals surface area contributed by atoms with Gasteiger partial charge in [-0.25, -0.2) is 4.79 Å². The lowest BCUT2D eigenvalue weighted by molar-refractivity contribution is -0.392. The van der Waals surface area contributed by atoms with Crippen molar-refractivity contribution in [3.8, 4) is 5.75 Å². The van der Waals surface area contributed by atoms with Crippen molar-refractivity contribution < 1.29 is 24.1 Å². The summed E-state index contributed by atoms with van der Waals surface area (Å²) in [6.07, 6.45) is 0. The number of nitro groups is 2. The lowest BCUT2D eigenvalue weighted by atomic mass is 10.1. The minimum atomic E-state index is -0.917. The molecule has 25 heavy (non-hydrogen) atoms. The molecule has 0 radical (unpaired) electrons. The van der Waals surface area contributed by atoms with Gasteiger partial charge >= 0.3 is 17.3 Å². The Balaban J connectivity index is 2.63. The van der Waals surface area contributed by atoms with Gasteiger partial charge in [-0.3, -0.25) is 20.2 Å². The van der Waals surface area contributed by atoms with Gasteiger partial charge in [-0.2, -0.15) is 0 Å². The molecule has 2 aromatic rings. The summed E-state index contributed by atoms with van der Waals surface area (Å²) in [5.74, 6) is -0.458. The Morgan fingerprint density at radius 2 is 1.64 bits per heavy atom. The number of carbonyl (C=O) groups excluding carboxylic acids is 1. The van der Waals surface area contributed by atoms with Crippen LogP contribution < -0.4 is 10.1 Å². The maximum Gasteiger partial charge on any atom is 0.338 e. The number of rotatable bonds is 6. The average Bonchev–Trinajstić information content (AvgIpc) is 2.60. The van der Waals surface area contributed by atoms with Crippen LogP contribution >= 0.6 is 0 Å². The molecule has 0 amide bonds. The summed E-state index contributed by atoms with van der Waals surface area (Å²) in [6.45, 7) is 0. The third-order valence-electron chi connectivity index (χ3n) is 3.25. The summed E-state index contributed by atoms with van der Waals surface area (Å²) >= 11 is 0. The number of esters is 1. The fourth-order valence-corrected chi connectivity index (χ4v) is 2.11. The molecule has 0 bridgehead atoms. The average molecular weight is 347 g/mol. The Morgan fingerprint density at radius 3 is 2.12 bits per heavy atom. The summed E-state index contributed by atoms with van der Waals surface area (Å²) in [5.41, 5.74) is -1.56. The molecule has 0 aliphatic carbocycles. The first kappa shape index (κ1) is 17.7. The zero-order valence-electron chi connectivity index (χ0n) is 13.2. The highest BCUT2D eigenvalue weighted by Gasteiger charge is 2.29. The smallest absolute Gasteiger partial charge is 0.338 e. The zero-order valence-corrected chi connectivity index (χ0v) is 13.2. The molecule has 0 heterocycles. The second-order valence-electron chi connectivity index (χ2n) is 4.75. The number of hydrogen-bond acceptors (Lipinski definition) is 8. The van der Waals surface area contributed by atoms with Crippen molar-refractivity contribution in [3.63, 3.8) is 0 Å². The molecule has 0 aliphatic heterocycles. The molecular weight excluding hydrogens is 334 g/mol. The molecule has 0 spiro atoms. The Labute approximate surface area is 141 Å². The molecular formula is C15H13N3O7. The van der Waals surface area contributed by atoms with Crippen molar-refractivity contribution in [2.24, 2.45) is 0 Å². The lowest BCUT2D eigenvalue weighted by Gasteiger charge is -2.10. The highest BCUT2D eigenvalue weighted by molar-refractivity contribution is 5.94. The van der Waals surface area contributed by atoms with Gasteiger partial charge in [0.1, 0.15) is 5.75 Å². The second kappa shape index (κ2) is 7.25. The van der Waals surface area contributed by atoms with Gasteiger partial charge in [0.15, 0.2) is 5.69 Å². The normalized spacial score (nSPS) is 10.0. The molecule has 0 atom stereocenters. The number of carbonyl (C=O) groups is 1. The summed E-state index contributed by atoms with van der Waals surface area (Å²) in [7, 11) is 2.51. The maximum atomic E-state index is 11.6. The number of nitro benzene ring substituents is 2.